The molecule has 0 heterocycles. The van der Waals surface area contributed by atoms with E-state index in [9.17, 15) is 4.79 Å². The number of aliphatic hydroxyl groups is 2. The fraction of sp³-hybridized carbons (Fsp3) is 0.417. The SMILES string of the molecule is CNc1ccc(C(=O)N(CCO)CCO)cc1. The molecule has 3 N–H and O–H groups in total. The van der Waals surface area contributed by atoms with Crippen LogP contribution in [0.5, 0.6) is 0 Å². The number of nitrogens with one attached hydrogen (secondary N) is 1. The molecule has 0 aliphatic heterocycles. The topological polar surface area (TPSA) is 72.8 Å². The monoisotopic (exact) mass is 238 g/mol. The van der Waals surface area contributed by atoms with Crippen molar-refractivity contribution in [2.45, 2.75) is 0 Å². The van der Waals surface area contributed by atoms with Gasteiger partial charge in [-0.25, -0.2) is 0 Å². The molecule has 1 aromatic carbocycles. The van der Waals surface area contributed by atoms with Gasteiger partial charge in [0.2, 0.25) is 0 Å². The molecule has 0 saturated carbocycles. The largest absolute Gasteiger partial charge is 0.395 e. The van der Waals surface area contributed by atoms with Crippen molar-refractivity contribution in [1.29, 1.82) is 0 Å². The van der Waals surface area contributed by atoms with Crippen molar-refractivity contribution in [3.05, 3.63) is 29.8 Å². The Morgan fingerprint density at radius 2 is 1.71 bits per heavy atom. The number of carbonyl (C=O) groups excluding carboxylic acids is 1. The van der Waals surface area contributed by atoms with Gasteiger partial charge in [0.1, 0.15) is 0 Å². The first kappa shape index (κ1) is 13.5. The second-order valence-corrected chi connectivity index (χ2v) is 3.57. The predicted molar refractivity (Wildman–Crippen MR) is 66.1 cm³/mol. The van der Waals surface area contributed by atoms with Crippen LogP contribution >= 0.6 is 0 Å². The molecule has 0 aromatic heterocycles. The van der Waals surface area contributed by atoms with E-state index in [4.69, 9.17) is 10.2 Å². The average Bonchev–Trinajstić information content (AvgIpc) is 2.38. The summed E-state index contributed by atoms with van der Waals surface area (Å²) in [6.07, 6.45) is 0. The van der Waals surface area contributed by atoms with Gasteiger partial charge in [-0.1, -0.05) is 0 Å². The lowest BCUT2D eigenvalue weighted by atomic mass is 10.2. The number of nitrogens with zero attached hydrogens (tertiary/aromatic N) is 1. The molecule has 0 spiro atoms. The van der Waals surface area contributed by atoms with Crippen molar-refractivity contribution >= 4 is 11.6 Å². The Morgan fingerprint density at radius 3 is 2.12 bits per heavy atom. The fourth-order valence-corrected chi connectivity index (χ4v) is 1.52. The molecule has 1 rings (SSSR count). The van der Waals surface area contributed by atoms with E-state index in [1.165, 1.54) is 4.90 Å². The Labute approximate surface area is 101 Å². The van der Waals surface area contributed by atoms with Gasteiger partial charge in [0, 0.05) is 31.4 Å². The molecule has 0 aliphatic carbocycles. The number of hydrogen-bond donors (Lipinski definition) is 3. The summed E-state index contributed by atoms with van der Waals surface area (Å²) in [7, 11) is 1.81. The molecule has 1 aromatic rings. The molecule has 0 radical (unpaired) electrons. The zero-order valence-corrected chi connectivity index (χ0v) is 9.89. The molecule has 0 aliphatic rings. The van der Waals surface area contributed by atoms with Gasteiger partial charge in [0.15, 0.2) is 0 Å². The standard InChI is InChI=1S/C12H18N2O3/c1-13-11-4-2-10(3-5-11)12(17)14(6-8-15)7-9-16/h2-5,13,15-16H,6-9H2,1H3. The Morgan fingerprint density at radius 1 is 1.18 bits per heavy atom. The van der Waals surface area contributed by atoms with E-state index in [1.54, 1.807) is 19.2 Å². The molecule has 94 valence electrons. The fourth-order valence-electron chi connectivity index (χ4n) is 1.52. The van der Waals surface area contributed by atoms with Gasteiger partial charge in [0.25, 0.3) is 5.91 Å². The lowest BCUT2D eigenvalue weighted by molar-refractivity contribution is 0.0685. The van der Waals surface area contributed by atoms with Gasteiger partial charge in [-0.05, 0) is 24.3 Å². The maximum absolute atomic E-state index is 12.0. The highest BCUT2D eigenvalue weighted by molar-refractivity contribution is 5.94. The summed E-state index contributed by atoms with van der Waals surface area (Å²) in [5, 5.41) is 20.7. The highest BCUT2D eigenvalue weighted by Gasteiger charge is 2.14. The van der Waals surface area contributed by atoms with E-state index in [-0.39, 0.29) is 32.2 Å². The summed E-state index contributed by atoms with van der Waals surface area (Å²) in [6.45, 7) is 0.237. The van der Waals surface area contributed by atoms with Gasteiger partial charge in [-0.15, -0.1) is 0 Å². The van der Waals surface area contributed by atoms with Crippen LogP contribution in [0.2, 0.25) is 0 Å². The molecule has 0 atom stereocenters. The summed E-state index contributed by atoms with van der Waals surface area (Å²) in [6, 6.07) is 7.05. The third kappa shape index (κ3) is 3.72. The first-order valence-corrected chi connectivity index (χ1v) is 5.51. The van der Waals surface area contributed by atoms with E-state index in [0.29, 0.717) is 5.56 Å². The van der Waals surface area contributed by atoms with Gasteiger partial charge in [-0.3, -0.25) is 4.79 Å². The number of amides is 1. The minimum atomic E-state index is -0.184. The summed E-state index contributed by atoms with van der Waals surface area (Å²) in [4.78, 5) is 13.4. The molecule has 1 amide bonds. The number of aliphatic hydroxyl groups excluding tert-OH is 2. The third-order valence-corrected chi connectivity index (χ3v) is 2.45. The maximum Gasteiger partial charge on any atom is 0.254 e. The first-order chi connectivity index (χ1) is 8.22. The lowest BCUT2D eigenvalue weighted by Gasteiger charge is -2.20. The van der Waals surface area contributed by atoms with Crippen LogP contribution in [-0.2, 0) is 0 Å². The van der Waals surface area contributed by atoms with Crippen LogP contribution in [0.15, 0.2) is 24.3 Å². The van der Waals surface area contributed by atoms with E-state index in [1.807, 2.05) is 12.1 Å². The Balaban J connectivity index is 2.77. The molecule has 5 nitrogen and oxygen atoms in total. The van der Waals surface area contributed by atoms with Crippen LogP contribution in [0.3, 0.4) is 0 Å². The van der Waals surface area contributed by atoms with Gasteiger partial charge >= 0.3 is 0 Å². The molecule has 0 fully saturated rings. The number of rotatable bonds is 6. The molecule has 0 saturated heterocycles. The van der Waals surface area contributed by atoms with E-state index >= 15 is 0 Å². The van der Waals surface area contributed by atoms with Crippen LogP contribution in [0.4, 0.5) is 5.69 Å². The number of benzene rings is 1. The summed E-state index contributed by atoms with van der Waals surface area (Å²) >= 11 is 0. The van der Waals surface area contributed by atoms with Crippen LogP contribution in [-0.4, -0.2) is 54.4 Å². The maximum atomic E-state index is 12.0. The molecule has 5 heteroatoms. The zero-order valence-electron chi connectivity index (χ0n) is 9.89. The summed E-state index contributed by atoms with van der Waals surface area (Å²) < 4.78 is 0. The van der Waals surface area contributed by atoms with Crippen molar-refractivity contribution in [3.8, 4) is 0 Å². The van der Waals surface area contributed by atoms with Gasteiger partial charge in [-0.2, -0.15) is 0 Å². The number of hydrogen-bond acceptors (Lipinski definition) is 4. The van der Waals surface area contributed by atoms with E-state index in [2.05, 4.69) is 5.32 Å². The first-order valence-electron chi connectivity index (χ1n) is 5.51. The normalized spacial score (nSPS) is 10.1. The highest BCUT2D eigenvalue weighted by Crippen LogP contribution is 2.10. The molecule has 0 unspecified atom stereocenters. The van der Waals surface area contributed by atoms with Crippen molar-refractivity contribution < 1.29 is 15.0 Å². The number of carbonyl (C=O) groups is 1. The molecular formula is C12H18N2O3. The molecule has 17 heavy (non-hydrogen) atoms. The summed E-state index contributed by atoms with van der Waals surface area (Å²) in [5.74, 6) is -0.184. The smallest absolute Gasteiger partial charge is 0.254 e. The van der Waals surface area contributed by atoms with Crippen LogP contribution in [0, 0.1) is 0 Å². The Kier molecular flexibility index (Phi) is 5.45. The lowest BCUT2D eigenvalue weighted by Crippen LogP contribution is -2.35. The highest BCUT2D eigenvalue weighted by atomic mass is 16.3. The minimum absolute atomic E-state index is 0.111. The molecule has 0 bridgehead atoms. The van der Waals surface area contributed by atoms with Gasteiger partial charge in [0.05, 0.1) is 13.2 Å². The van der Waals surface area contributed by atoms with Gasteiger partial charge < -0.3 is 20.4 Å². The van der Waals surface area contributed by atoms with Crippen molar-refractivity contribution in [2.24, 2.45) is 0 Å². The minimum Gasteiger partial charge on any atom is -0.395 e. The predicted octanol–water partition coefficient (Wildman–Crippen LogP) is 0.155. The van der Waals surface area contributed by atoms with Crippen LogP contribution in [0.25, 0.3) is 0 Å². The van der Waals surface area contributed by atoms with Crippen molar-refractivity contribution in [1.82, 2.24) is 4.90 Å². The average molecular weight is 238 g/mol. The quantitative estimate of drug-likeness (QED) is 0.660. The van der Waals surface area contributed by atoms with Crippen molar-refractivity contribution in [3.63, 3.8) is 0 Å². The number of anilines is 1. The second-order valence-electron chi connectivity index (χ2n) is 3.57. The summed E-state index contributed by atoms with van der Waals surface area (Å²) in [5.41, 5.74) is 1.48. The van der Waals surface area contributed by atoms with Crippen molar-refractivity contribution in [2.75, 3.05) is 38.7 Å². The Hall–Kier alpha value is -1.59. The Bertz CT molecular complexity index is 345. The van der Waals surface area contributed by atoms with Crippen LogP contribution < -0.4 is 5.32 Å². The van der Waals surface area contributed by atoms with Crippen LogP contribution in [0.1, 0.15) is 10.4 Å². The second kappa shape index (κ2) is 6.88. The van der Waals surface area contributed by atoms with E-state index < -0.39 is 0 Å². The third-order valence-electron chi connectivity index (χ3n) is 2.45. The van der Waals surface area contributed by atoms with E-state index in [0.717, 1.165) is 5.69 Å². The molecular weight excluding hydrogens is 220 g/mol. The zero-order chi connectivity index (χ0) is 12.7.